The molecule has 0 aliphatic heterocycles. The first-order valence-corrected chi connectivity index (χ1v) is 3.87. The number of rotatable bonds is 7. The normalized spacial score (nSPS) is 9.70. The van der Waals surface area contributed by atoms with Crippen LogP contribution in [0.2, 0.25) is 0 Å². The number of aliphatic hydroxyl groups excluding tert-OH is 1. The Morgan fingerprint density at radius 1 is 1.00 bits per heavy atom. The highest BCUT2D eigenvalue weighted by atomic mass is 16.2. The van der Waals surface area contributed by atoms with Gasteiger partial charge in [-0.25, -0.2) is 0 Å². The average Bonchev–Trinajstić information content (AvgIpc) is 1.97. The van der Waals surface area contributed by atoms with Crippen molar-refractivity contribution in [3.63, 3.8) is 0 Å². The Kier molecular flexibility index (Phi) is 8.31. The van der Waals surface area contributed by atoms with Crippen LogP contribution in [-0.4, -0.2) is 18.0 Å². The van der Waals surface area contributed by atoms with Gasteiger partial charge >= 0.3 is 0 Å². The molecule has 0 rings (SSSR count). The molecular weight excluding hydrogens is 128 g/mol. The molecule has 0 saturated carbocycles. The van der Waals surface area contributed by atoms with Crippen LogP contribution in [0.15, 0.2) is 0 Å². The molecule has 1 radical (unpaired) electrons. The van der Waals surface area contributed by atoms with E-state index in [1.165, 1.54) is 0 Å². The van der Waals surface area contributed by atoms with Gasteiger partial charge in [0.05, 0.1) is 0 Å². The maximum absolute atomic E-state index is 9.73. The Morgan fingerprint density at radius 2 is 1.60 bits per heavy atom. The molecule has 0 unspecified atom stereocenters. The molecule has 10 heavy (non-hydrogen) atoms. The summed E-state index contributed by atoms with van der Waals surface area (Å²) < 4.78 is 0. The second-order valence-electron chi connectivity index (χ2n) is 2.39. The molecular formula is C8H15O2. The summed E-state index contributed by atoms with van der Waals surface area (Å²) in [5.74, 6) is 0. The van der Waals surface area contributed by atoms with E-state index in [1.807, 2.05) is 6.29 Å². The molecule has 0 aromatic carbocycles. The summed E-state index contributed by atoms with van der Waals surface area (Å²) in [5, 5.41) is 8.41. The zero-order valence-corrected chi connectivity index (χ0v) is 6.31. The maximum Gasteiger partial charge on any atom is 0.198 e. The molecule has 0 amide bonds. The van der Waals surface area contributed by atoms with Crippen molar-refractivity contribution < 1.29 is 9.90 Å². The molecule has 0 aliphatic rings. The highest BCUT2D eigenvalue weighted by molar-refractivity contribution is 5.50. The van der Waals surface area contributed by atoms with E-state index in [0.717, 1.165) is 32.1 Å². The van der Waals surface area contributed by atoms with Gasteiger partial charge in [-0.15, -0.1) is 0 Å². The molecule has 2 heteroatoms. The van der Waals surface area contributed by atoms with Crippen LogP contribution >= 0.6 is 0 Å². The highest BCUT2D eigenvalue weighted by Gasteiger charge is 1.88. The summed E-state index contributed by atoms with van der Waals surface area (Å²) in [5.41, 5.74) is 0. The van der Waals surface area contributed by atoms with Gasteiger partial charge in [0.15, 0.2) is 6.29 Å². The molecule has 2 nitrogen and oxygen atoms in total. The van der Waals surface area contributed by atoms with Crippen LogP contribution < -0.4 is 0 Å². The van der Waals surface area contributed by atoms with Crippen molar-refractivity contribution in [1.82, 2.24) is 0 Å². The first-order chi connectivity index (χ1) is 4.91. The largest absolute Gasteiger partial charge is 0.396 e. The van der Waals surface area contributed by atoms with Crippen molar-refractivity contribution >= 4 is 6.29 Å². The van der Waals surface area contributed by atoms with E-state index in [0.29, 0.717) is 13.0 Å². The maximum atomic E-state index is 9.73. The summed E-state index contributed by atoms with van der Waals surface area (Å²) in [6.07, 6.45) is 7.57. The van der Waals surface area contributed by atoms with Crippen molar-refractivity contribution in [3.8, 4) is 0 Å². The lowest BCUT2D eigenvalue weighted by atomic mass is 10.1. The van der Waals surface area contributed by atoms with Crippen LogP contribution in [-0.2, 0) is 4.79 Å². The lowest BCUT2D eigenvalue weighted by Gasteiger charge is -1.95. The molecule has 1 N–H and O–H groups in total. The topological polar surface area (TPSA) is 37.3 Å². The number of hydrogen-bond acceptors (Lipinski definition) is 2. The third-order valence-electron chi connectivity index (χ3n) is 1.44. The predicted molar refractivity (Wildman–Crippen MR) is 40.5 cm³/mol. The van der Waals surface area contributed by atoms with Crippen molar-refractivity contribution in [2.24, 2.45) is 0 Å². The quantitative estimate of drug-likeness (QED) is 0.547. The van der Waals surface area contributed by atoms with Gasteiger partial charge in [0.1, 0.15) is 0 Å². The summed E-state index contributed by atoms with van der Waals surface area (Å²) in [7, 11) is 0. The molecule has 0 aromatic rings. The molecule has 0 saturated heterocycles. The van der Waals surface area contributed by atoms with Gasteiger partial charge in [0.25, 0.3) is 0 Å². The van der Waals surface area contributed by atoms with Crippen LogP contribution in [0.25, 0.3) is 0 Å². The Labute approximate surface area is 62.2 Å². The minimum atomic E-state index is 0.291. The minimum Gasteiger partial charge on any atom is -0.396 e. The minimum absolute atomic E-state index is 0.291. The van der Waals surface area contributed by atoms with Crippen molar-refractivity contribution in [3.05, 3.63) is 0 Å². The molecule has 0 bridgehead atoms. The third kappa shape index (κ3) is 7.63. The standard InChI is InChI=1S/C8H15O2/c9-7-5-3-1-2-4-6-8-10/h9H,1-7H2. The average molecular weight is 143 g/mol. The lowest BCUT2D eigenvalue weighted by Crippen LogP contribution is -1.83. The fourth-order valence-corrected chi connectivity index (χ4v) is 0.839. The number of carbonyl (C=O) groups excluding carboxylic acids is 1. The van der Waals surface area contributed by atoms with Gasteiger partial charge in [0.2, 0.25) is 0 Å². The second kappa shape index (κ2) is 8.63. The third-order valence-corrected chi connectivity index (χ3v) is 1.44. The molecule has 0 atom stereocenters. The second-order valence-corrected chi connectivity index (χ2v) is 2.39. The zero-order chi connectivity index (χ0) is 7.66. The smallest absolute Gasteiger partial charge is 0.198 e. The monoisotopic (exact) mass is 143 g/mol. The summed E-state index contributed by atoms with van der Waals surface area (Å²) in [6, 6.07) is 0. The van der Waals surface area contributed by atoms with Crippen LogP contribution in [0.1, 0.15) is 38.5 Å². The van der Waals surface area contributed by atoms with E-state index in [2.05, 4.69) is 0 Å². The first-order valence-electron chi connectivity index (χ1n) is 3.87. The summed E-state index contributed by atoms with van der Waals surface area (Å²) in [4.78, 5) is 9.73. The molecule has 0 aromatic heterocycles. The Balaban J connectivity index is 2.70. The van der Waals surface area contributed by atoms with E-state index < -0.39 is 0 Å². The van der Waals surface area contributed by atoms with E-state index in [1.54, 1.807) is 0 Å². The van der Waals surface area contributed by atoms with Crippen LogP contribution in [0, 0.1) is 0 Å². The van der Waals surface area contributed by atoms with E-state index >= 15 is 0 Å². The van der Waals surface area contributed by atoms with Crippen molar-refractivity contribution in [2.45, 2.75) is 38.5 Å². The van der Waals surface area contributed by atoms with Gasteiger partial charge in [-0.1, -0.05) is 19.3 Å². The van der Waals surface area contributed by atoms with Gasteiger partial charge < -0.3 is 5.11 Å². The van der Waals surface area contributed by atoms with Crippen LogP contribution in [0.4, 0.5) is 0 Å². The van der Waals surface area contributed by atoms with Crippen LogP contribution in [0.5, 0.6) is 0 Å². The number of hydrogen-bond donors (Lipinski definition) is 1. The predicted octanol–water partition coefficient (Wildman–Crippen LogP) is 1.43. The molecule has 0 heterocycles. The van der Waals surface area contributed by atoms with E-state index in [-0.39, 0.29) is 0 Å². The first kappa shape index (κ1) is 9.63. The number of unbranched alkanes of at least 4 members (excludes halogenated alkanes) is 5. The van der Waals surface area contributed by atoms with E-state index in [4.69, 9.17) is 5.11 Å². The Morgan fingerprint density at radius 3 is 2.20 bits per heavy atom. The van der Waals surface area contributed by atoms with Crippen LogP contribution in [0.3, 0.4) is 0 Å². The fourth-order valence-electron chi connectivity index (χ4n) is 0.839. The van der Waals surface area contributed by atoms with Gasteiger partial charge in [-0.2, -0.15) is 0 Å². The SMILES string of the molecule is O=[C]CCCCCCCO. The van der Waals surface area contributed by atoms with Gasteiger partial charge in [0, 0.05) is 13.0 Å². The van der Waals surface area contributed by atoms with E-state index in [9.17, 15) is 4.79 Å². The van der Waals surface area contributed by atoms with Crippen molar-refractivity contribution in [1.29, 1.82) is 0 Å². The summed E-state index contributed by atoms with van der Waals surface area (Å²) >= 11 is 0. The van der Waals surface area contributed by atoms with Gasteiger partial charge in [-0.3, -0.25) is 4.79 Å². The highest BCUT2D eigenvalue weighted by Crippen LogP contribution is 2.03. The molecule has 0 fully saturated rings. The number of aliphatic hydroxyl groups is 1. The molecule has 0 spiro atoms. The Hall–Kier alpha value is -0.370. The van der Waals surface area contributed by atoms with Crippen molar-refractivity contribution in [2.75, 3.05) is 6.61 Å². The van der Waals surface area contributed by atoms with Gasteiger partial charge in [-0.05, 0) is 12.8 Å². The Bertz CT molecular complexity index is 71.7. The molecule has 0 aliphatic carbocycles. The zero-order valence-electron chi connectivity index (χ0n) is 6.31. The fraction of sp³-hybridized carbons (Fsp3) is 0.875. The summed E-state index contributed by atoms with van der Waals surface area (Å²) in [6.45, 7) is 0.291. The lowest BCUT2D eigenvalue weighted by molar-refractivity contribution is 0.282. The molecule has 59 valence electrons.